The number of carbonyl (C=O) groups is 2. The number of nitrogens with zero attached hydrogens (tertiary/aromatic N) is 2. The molecule has 2 fully saturated rings. The number of likely N-dealkylation sites (tertiary alicyclic amines) is 2. The van der Waals surface area contributed by atoms with Crippen LogP contribution in [0, 0.1) is 11.8 Å². The molecule has 2 aliphatic heterocycles. The van der Waals surface area contributed by atoms with Crippen LogP contribution in [0.2, 0.25) is 0 Å². The normalized spacial score (nSPS) is 22.7. The SMILES string of the molecule is COC(=O)NCCN1CCCC(C2CN(C(=O)OC(C)(C)C)C2)C1. The smallest absolute Gasteiger partial charge is 0.410 e. The van der Waals surface area contributed by atoms with Gasteiger partial charge in [0, 0.05) is 32.7 Å². The van der Waals surface area contributed by atoms with Gasteiger partial charge in [0.2, 0.25) is 0 Å². The summed E-state index contributed by atoms with van der Waals surface area (Å²) in [5.41, 5.74) is -0.434. The molecule has 138 valence electrons. The Hall–Kier alpha value is -1.50. The maximum absolute atomic E-state index is 12.0. The highest BCUT2D eigenvalue weighted by molar-refractivity contribution is 5.69. The van der Waals surface area contributed by atoms with E-state index in [0.29, 0.717) is 18.4 Å². The molecule has 2 aliphatic rings. The van der Waals surface area contributed by atoms with E-state index in [4.69, 9.17) is 4.74 Å². The van der Waals surface area contributed by atoms with Gasteiger partial charge in [-0.15, -0.1) is 0 Å². The number of methoxy groups -OCH3 is 1. The van der Waals surface area contributed by atoms with Crippen LogP contribution in [0.5, 0.6) is 0 Å². The van der Waals surface area contributed by atoms with E-state index in [1.54, 1.807) is 4.90 Å². The summed E-state index contributed by atoms with van der Waals surface area (Å²) in [5, 5.41) is 2.72. The molecule has 0 aromatic carbocycles. The predicted molar refractivity (Wildman–Crippen MR) is 90.9 cm³/mol. The number of hydrogen-bond donors (Lipinski definition) is 1. The molecule has 0 aromatic heterocycles. The van der Waals surface area contributed by atoms with Crippen molar-refractivity contribution >= 4 is 12.2 Å². The molecule has 7 heteroatoms. The first-order valence-electron chi connectivity index (χ1n) is 8.80. The van der Waals surface area contributed by atoms with Crippen molar-refractivity contribution in [3.05, 3.63) is 0 Å². The van der Waals surface area contributed by atoms with Gasteiger partial charge in [0.05, 0.1) is 7.11 Å². The quantitative estimate of drug-likeness (QED) is 0.846. The molecule has 0 bridgehead atoms. The fraction of sp³-hybridized carbons (Fsp3) is 0.882. The van der Waals surface area contributed by atoms with Gasteiger partial charge in [-0.1, -0.05) is 0 Å². The number of amides is 2. The van der Waals surface area contributed by atoms with Crippen LogP contribution in [-0.2, 0) is 9.47 Å². The summed E-state index contributed by atoms with van der Waals surface area (Å²) in [4.78, 5) is 27.3. The van der Waals surface area contributed by atoms with E-state index >= 15 is 0 Å². The zero-order valence-electron chi connectivity index (χ0n) is 15.3. The lowest BCUT2D eigenvalue weighted by atomic mass is 9.81. The summed E-state index contributed by atoms with van der Waals surface area (Å²) in [7, 11) is 1.37. The lowest BCUT2D eigenvalue weighted by Crippen LogP contribution is -2.56. The van der Waals surface area contributed by atoms with Gasteiger partial charge < -0.3 is 24.6 Å². The van der Waals surface area contributed by atoms with Crippen LogP contribution in [-0.4, -0.2) is 74.0 Å². The summed E-state index contributed by atoms with van der Waals surface area (Å²) >= 11 is 0. The number of nitrogens with one attached hydrogen (secondary N) is 1. The number of ether oxygens (including phenoxy) is 2. The summed E-state index contributed by atoms with van der Waals surface area (Å²) in [6, 6.07) is 0. The molecule has 2 amide bonds. The largest absolute Gasteiger partial charge is 0.453 e. The molecule has 1 N–H and O–H groups in total. The third-order valence-electron chi connectivity index (χ3n) is 4.65. The van der Waals surface area contributed by atoms with E-state index in [9.17, 15) is 9.59 Å². The van der Waals surface area contributed by atoms with Crippen LogP contribution in [0.1, 0.15) is 33.6 Å². The molecule has 1 unspecified atom stereocenters. The molecule has 24 heavy (non-hydrogen) atoms. The van der Waals surface area contributed by atoms with Crippen molar-refractivity contribution < 1.29 is 19.1 Å². The van der Waals surface area contributed by atoms with Crippen molar-refractivity contribution in [1.29, 1.82) is 0 Å². The fourth-order valence-electron chi connectivity index (χ4n) is 3.35. The lowest BCUT2D eigenvalue weighted by molar-refractivity contribution is -0.0194. The monoisotopic (exact) mass is 341 g/mol. The van der Waals surface area contributed by atoms with Crippen LogP contribution in [0.15, 0.2) is 0 Å². The van der Waals surface area contributed by atoms with E-state index < -0.39 is 5.60 Å². The van der Waals surface area contributed by atoms with Gasteiger partial charge in [-0.25, -0.2) is 9.59 Å². The van der Waals surface area contributed by atoms with E-state index in [1.165, 1.54) is 20.0 Å². The van der Waals surface area contributed by atoms with E-state index in [1.807, 2.05) is 20.8 Å². The second-order valence-electron chi connectivity index (χ2n) is 7.77. The molecule has 0 radical (unpaired) electrons. The number of alkyl carbamates (subject to hydrolysis) is 1. The highest BCUT2D eigenvalue weighted by Gasteiger charge is 2.39. The van der Waals surface area contributed by atoms with Crippen molar-refractivity contribution in [1.82, 2.24) is 15.1 Å². The Labute approximate surface area is 144 Å². The van der Waals surface area contributed by atoms with E-state index in [-0.39, 0.29) is 12.2 Å². The van der Waals surface area contributed by atoms with Crippen LogP contribution in [0.3, 0.4) is 0 Å². The fourth-order valence-corrected chi connectivity index (χ4v) is 3.35. The molecule has 2 heterocycles. The van der Waals surface area contributed by atoms with Crippen LogP contribution in [0.4, 0.5) is 9.59 Å². The zero-order chi connectivity index (χ0) is 17.7. The highest BCUT2D eigenvalue weighted by Crippen LogP contribution is 2.31. The number of rotatable bonds is 4. The van der Waals surface area contributed by atoms with Gasteiger partial charge in [0.25, 0.3) is 0 Å². The number of carbonyl (C=O) groups excluding carboxylic acids is 2. The van der Waals surface area contributed by atoms with Gasteiger partial charge in [-0.2, -0.15) is 0 Å². The zero-order valence-corrected chi connectivity index (χ0v) is 15.3. The minimum absolute atomic E-state index is 0.200. The summed E-state index contributed by atoms with van der Waals surface area (Å²) in [6.45, 7) is 10.8. The van der Waals surface area contributed by atoms with Gasteiger partial charge in [-0.3, -0.25) is 0 Å². The van der Waals surface area contributed by atoms with Crippen LogP contribution >= 0.6 is 0 Å². The van der Waals surface area contributed by atoms with Gasteiger partial charge in [0.15, 0.2) is 0 Å². The molecular formula is C17H31N3O4. The molecule has 7 nitrogen and oxygen atoms in total. The summed E-state index contributed by atoms with van der Waals surface area (Å²) in [5.74, 6) is 1.18. The minimum Gasteiger partial charge on any atom is -0.453 e. The molecule has 0 saturated carbocycles. The first-order chi connectivity index (χ1) is 11.3. The van der Waals surface area contributed by atoms with Gasteiger partial charge in [0.1, 0.15) is 5.60 Å². The Kier molecular flexibility index (Phi) is 6.32. The molecular weight excluding hydrogens is 310 g/mol. The maximum atomic E-state index is 12.0. The second-order valence-corrected chi connectivity index (χ2v) is 7.77. The van der Waals surface area contributed by atoms with Crippen molar-refractivity contribution in [3.63, 3.8) is 0 Å². The minimum atomic E-state index is -0.434. The number of hydrogen-bond acceptors (Lipinski definition) is 5. The summed E-state index contributed by atoms with van der Waals surface area (Å²) in [6.07, 6.45) is 1.81. The molecule has 0 aromatic rings. The molecule has 0 aliphatic carbocycles. The van der Waals surface area contributed by atoms with E-state index in [2.05, 4.69) is 15.0 Å². The van der Waals surface area contributed by atoms with Crippen molar-refractivity contribution in [2.24, 2.45) is 11.8 Å². The first kappa shape index (κ1) is 18.8. The molecule has 2 rings (SSSR count). The second kappa shape index (κ2) is 8.05. The Morgan fingerprint density at radius 1 is 1.17 bits per heavy atom. The Morgan fingerprint density at radius 2 is 1.88 bits per heavy atom. The third-order valence-corrected chi connectivity index (χ3v) is 4.65. The van der Waals surface area contributed by atoms with Gasteiger partial charge >= 0.3 is 12.2 Å². The van der Waals surface area contributed by atoms with Crippen molar-refractivity contribution in [2.75, 3.05) is 46.4 Å². The van der Waals surface area contributed by atoms with Crippen LogP contribution < -0.4 is 5.32 Å². The van der Waals surface area contributed by atoms with E-state index in [0.717, 1.165) is 32.7 Å². The lowest BCUT2D eigenvalue weighted by Gasteiger charge is -2.46. The molecule has 0 spiro atoms. The first-order valence-corrected chi connectivity index (χ1v) is 8.80. The van der Waals surface area contributed by atoms with Gasteiger partial charge in [-0.05, 0) is 52.0 Å². The third kappa shape index (κ3) is 5.54. The van der Waals surface area contributed by atoms with Crippen molar-refractivity contribution in [3.8, 4) is 0 Å². The standard InChI is InChI=1S/C17H31N3O4/c1-17(2,3)24-16(22)20-11-14(12-20)13-6-5-8-19(10-13)9-7-18-15(21)23-4/h13-14H,5-12H2,1-4H3,(H,18,21). The Balaban J connectivity index is 1.69. The average Bonchev–Trinajstić information content (AvgIpc) is 2.44. The molecule has 2 saturated heterocycles. The maximum Gasteiger partial charge on any atom is 0.410 e. The summed E-state index contributed by atoms with van der Waals surface area (Å²) < 4.78 is 9.99. The average molecular weight is 341 g/mol. The topological polar surface area (TPSA) is 71.1 Å². The predicted octanol–water partition coefficient (Wildman–Crippen LogP) is 1.92. The Morgan fingerprint density at radius 3 is 2.50 bits per heavy atom. The van der Waals surface area contributed by atoms with Crippen molar-refractivity contribution in [2.45, 2.75) is 39.2 Å². The molecule has 1 atom stereocenters. The Bertz CT molecular complexity index is 444. The van der Waals surface area contributed by atoms with Crippen LogP contribution in [0.25, 0.3) is 0 Å². The highest BCUT2D eigenvalue weighted by atomic mass is 16.6. The number of piperidine rings is 1.